The van der Waals surface area contributed by atoms with Gasteiger partial charge >= 0.3 is 0 Å². The van der Waals surface area contributed by atoms with E-state index in [-0.39, 0.29) is 12.0 Å². The van der Waals surface area contributed by atoms with E-state index in [4.69, 9.17) is 14.2 Å². The highest BCUT2D eigenvalue weighted by molar-refractivity contribution is 5.81. The summed E-state index contributed by atoms with van der Waals surface area (Å²) in [5.74, 6) is 2.00. The summed E-state index contributed by atoms with van der Waals surface area (Å²) in [5.41, 5.74) is 1.10. The molecule has 1 amide bonds. The number of fused-ring (bicyclic) bond motifs is 1. The molecule has 0 saturated heterocycles. The van der Waals surface area contributed by atoms with Gasteiger partial charge in [0, 0.05) is 0 Å². The van der Waals surface area contributed by atoms with Crippen molar-refractivity contribution >= 4 is 5.91 Å². The maximum absolute atomic E-state index is 12.4. The summed E-state index contributed by atoms with van der Waals surface area (Å²) in [6, 6.07) is 15.2. The molecule has 2 aromatic rings. The van der Waals surface area contributed by atoms with Crippen LogP contribution in [0.1, 0.15) is 18.9 Å². The van der Waals surface area contributed by atoms with Crippen LogP contribution in [0.2, 0.25) is 0 Å². The van der Waals surface area contributed by atoms with Gasteiger partial charge in [0.1, 0.15) is 18.5 Å². The number of aryl methyl sites for hydroxylation is 1. The molecule has 1 aliphatic rings. The first-order valence-corrected chi connectivity index (χ1v) is 8.55. The normalized spacial score (nSPS) is 16.8. The lowest BCUT2D eigenvalue weighted by molar-refractivity contribution is -0.128. The zero-order valence-electron chi connectivity index (χ0n) is 14.5. The number of para-hydroxylation sites is 2. The van der Waals surface area contributed by atoms with Crippen molar-refractivity contribution in [2.75, 3.05) is 13.2 Å². The number of rotatable bonds is 6. The van der Waals surface area contributed by atoms with Gasteiger partial charge in [0.25, 0.3) is 5.91 Å². The number of benzene rings is 2. The van der Waals surface area contributed by atoms with Gasteiger partial charge < -0.3 is 19.5 Å². The second-order valence-electron chi connectivity index (χ2n) is 6.07. The topological polar surface area (TPSA) is 56.8 Å². The van der Waals surface area contributed by atoms with Crippen LogP contribution in [0.15, 0.2) is 48.5 Å². The number of carbonyl (C=O) groups excluding carboxylic acids is 1. The standard InChI is InChI=1S/C20H23NO4/c1-3-17(24-15-8-6-7-14(2)11-15)20(22)21-12-16-13-23-18-9-4-5-10-19(18)25-16/h4-11,16-17H,3,12-13H2,1-2H3,(H,21,22)/t16-,17+/m0/s1. The third-order valence-electron chi connectivity index (χ3n) is 4.00. The van der Waals surface area contributed by atoms with Gasteiger partial charge in [-0.2, -0.15) is 0 Å². The maximum atomic E-state index is 12.4. The van der Waals surface area contributed by atoms with Crippen molar-refractivity contribution < 1.29 is 19.0 Å². The van der Waals surface area contributed by atoms with Gasteiger partial charge in [0.15, 0.2) is 17.6 Å². The predicted octanol–water partition coefficient (Wildman–Crippen LogP) is 3.11. The molecule has 132 valence electrons. The average molecular weight is 341 g/mol. The summed E-state index contributed by atoms with van der Waals surface area (Å²) in [4.78, 5) is 12.4. The van der Waals surface area contributed by atoms with Gasteiger partial charge in [-0.05, 0) is 43.2 Å². The molecule has 5 nitrogen and oxygen atoms in total. The summed E-state index contributed by atoms with van der Waals surface area (Å²) >= 11 is 0. The minimum atomic E-state index is -0.529. The molecule has 0 bridgehead atoms. The lowest BCUT2D eigenvalue weighted by atomic mass is 10.2. The summed E-state index contributed by atoms with van der Waals surface area (Å²) < 4.78 is 17.3. The van der Waals surface area contributed by atoms with Gasteiger partial charge in [0.2, 0.25) is 0 Å². The number of hydrogen-bond acceptors (Lipinski definition) is 4. The minimum Gasteiger partial charge on any atom is -0.486 e. The number of nitrogens with one attached hydrogen (secondary N) is 1. The molecule has 1 heterocycles. The molecule has 1 N–H and O–H groups in total. The first-order valence-electron chi connectivity index (χ1n) is 8.55. The van der Waals surface area contributed by atoms with Gasteiger partial charge in [-0.15, -0.1) is 0 Å². The average Bonchev–Trinajstić information content (AvgIpc) is 2.64. The summed E-state index contributed by atoms with van der Waals surface area (Å²) in [6.07, 6.45) is -0.154. The van der Waals surface area contributed by atoms with Crippen molar-refractivity contribution in [2.24, 2.45) is 0 Å². The third kappa shape index (κ3) is 4.44. The van der Waals surface area contributed by atoms with Crippen LogP contribution in [0.4, 0.5) is 0 Å². The van der Waals surface area contributed by atoms with Gasteiger partial charge in [0.05, 0.1) is 6.54 Å². The Morgan fingerprint density at radius 3 is 2.80 bits per heavy atom. The third-order valence-corrected chi connectivity index (χ3v) is 4.00. The summed E-state index contributed by atoms with van der Waals surface area (Å²) in [5, 5.41) is 2.90. The van der Waals surface area contributed by atoms with Crippen molar-refractivity contribution in [3.63, 3.8) is 0 Å². The summed E-state index contributed by atoms with van der Waals surface area (Å²) in [6.45, 7) is 4.70. The zero-order valence-corrected chi connectivity index (χ0v) is 14.5. The van der Waals surface area contributed by atoms with E-state index < -0.39 is 6.10 Å². The SMILES string of the molecule is CC[C@@H](Oc1cccc(C)c1)C(=O)NC[C@H]1COc2ccccc2O1. The highest BCUT2D eigenvalue weighted by Gasteiger charge is 2.24. The Morgan fingerprint density at radius 2 is 2.04 bits per heavy atom. The molecule has 0 spiro atoms. The molecule has 0 fully saturated rings. The van der Waals surface area contributed by atoms with Crippen molar-refractivity contribution in [2.45, 2.75) is 32.5 Å². The van der Waals surface area contributed by atoms with E-state index in [1.165, 1.54) is 0 Å². The van der Waals surface area contributed by atoms with E-state index in [2.05, 4.69) is 5.32 Å². The lowest BCUT2D eigenvalue weighted by Crippen LogP contribution is -2.45. The van der Waals surface area contributed by atoms with E-state index in [1.807, 2.05) is 62.4 Å². The van der Waals surface area contributed by atoms with Crippen LogP contribution in [0.25, 0.3) is 0 Å². The molecule has 1 aliphatic heterocycles. The first kappa shape index (κ1) is 17.1. The van der Waals surface area contributed by atoms with Crippen LogP contribution in [-0.2, 0) is 4.79 Å². The van der Waals surface area contributed by atoms with Crippen LogP contribution in [0.3, 0.4) is 0 Å². The summed E-state index contributed by atoms with van der Waals surface area (Å²) in [7, 11) is 0. The van der Waals surface area contributed by atoms with Crippen molar-refractivity contribution in [3.8, 4) is 17.2 Å². The Kier molecular flexibility index (Phi) is 5.43. The van der Waals surface area contributed by atoms with E-state index >= 15 is 0 Å². The predicted molar refractivity (Wildman–Crippen MR) is 95.2 cm³/mol. The smallest absolute Gasteiger partial charge is 0.261 e. The largest absolute Gasteiger partial charge is 0.486 e. The number of carbonyl (C=O) groups is 1. The fraction of sp³-hybridized carbons (Fsp3) is 0.350. The molecule has 3 rings (SSSR count). The quantitative estimate of drug-likeness (QED) is 0.877. The Morgan fingerprint density at radius 1 is 1.24 bits per heavy atom. The maximum Gasteiger partial charge on any atom is 0.261 e. The molecule has 0 saturated carbocycles. The van der Waals surface area contributed by atoms with Crippen molar-refractivity contribution in [3.05, 3.63) is 54.1 Å². The fourth-order valence-corrected chi connectivity index (χ4v) is 2.67. The van der Waals surface area contributed by atoms with E-state index in [1.54, 1.807) is 0 Å². The molecule has 25 heavy (non-hydrogen) atoms. The number of hydrogen-bond donors (Lipinski definition) is 1. The Bertz CT molecular complexity index is 731. The lowest BCUT2D eigenvalue weighted by Gasteiger charge is -2.27. The van der Waals surface area contributed by atoms with E-state index in [0.29, 0.717) is 31.1 Å². The van der Waals surface area contributed by atoms with Crippen molar-refractivity contribution in [1.29, 1.82) is 0 Å². The molecule has 2 aromatic carbocycles. The first-order chi connectivity index (χ1) is 12.2. The molecule has 0 radical (unpaired) electrons. The molecule has 0 aromatic heterocycles. The fourth-order valence-electron chi connectivity index (χ4n) is 2.67. The van der Waals surface area contributed by atoms with E-state index in [9.17, 15) is 4.79 Å². The Labute approximate surface area is 147 Å². The highest BCUT2D eigenvalue weighted by Crippen LogP contribution is 2.30. The molecule has 0 unspecified atom stereocenters. The molecule has 2 atom stereocenters. The van der Waals surface area contributed by atoms with Crippen LogP contribution >= 0.6 is 0 Å². The van der Waals surface area contributed by atoms with Crippen LogP contribution in [-0.4, -0.2) is 31.3 Å². The molecule has 0 aliphatic carbocycles. The Hall–Kier alpha value is -2.69. The molecular formula is C20H23NO4. The minimum absolute atomic E-state index is 0.147. The van der Waals surface area contributed by atoms with E-state index in [0.717, 1.165) is 11.3 Å². The van der Waals surface area contributed by atoms with Gasteiger partial charge in [-0.25, -0.2) is 0 Å². The second kappa shape index (κ2) is 7.92. The monoisotopic (exact) mass is 341 g/mol. The van der Waals surface area contributed by atoms with Crippen molar-refractivity contribution in [1.82, 2.24) is 5.32 Å². The highest BCUT2D eigenvalue weighted by atomic mass is 16.6. The van der Waals surface area contributed by atoms with Crippen LogP contribution < -0.4 is 19.5 Å². The van der Waals surface area contributed by atoms with Gasteiger partial charge in [-0.1, -0.05) is 31.2 Å². The van der Waals surface area contributed by atoms with Crippen LogP contribution in [0.5, 0.6) is 17.2 Å². The zero-order chi connectivity index (χ0) is 17.6. The van der Waals surface area contributed by atoms with Crippen LogP contribution in [0, 0.1) is 6.92 Å². The molecular weight excluding hydrogens is 318 g/mol. The van der Waals surface area contributed by atoms with Gasteiger partial charge in [-0.3, -0.25) is 4.79 Å². The number of ether oxygens (including phenoxy) is 3. The second-order valence-corrected chi connectivity index (χ2v) is 6.07. The number of amides is 1. The Balaban J connectivity index is 1.53. The molecule has 5 heteroatoms.